The van der Waals surface area contributed by atoms with Gasteiger partial charge in [-0.25, -0.2) is 19.9 Å². The van der Waals surface area contributed by atoms with Crippen LogP contribution in [0.2, 0.25) is 0 Å². The molecule has 0 saturated carbocycles. The molecule has 0 spiro atoms. The van der Waals surface area contributed by atoms with Gasteiger partial charge in [-0.15, -0.1) is 0 Å². The predicted octanol–water partition coefficient (Wildman–Crippen LogP) is 10.9. The van der Waals surface area contributed by atoms with Crippen molar-refractivity contribution >= 4 is 60.2 Å². The monoisotopic (exact) mass is 666 g/mol. The molecule has 0 aliphatic heterocycles. The highest BCUT2D eigenvalue weighted by molar-refractivity contribution is 6.25. The van der Waals surface area contributed by atoms with Crippen molar-refractivity contribution in [2.45, 2.75) is 0 Å². The van der Waals surface area contributed by atoms with E-state index in [0.29, 0.717) is 17.5 Å². The van der Waals surface area contributed by atoms with Crippen LogP contribution >= 0.6 is 0 Å². The fraction of sp³-hybridized carbons (Fsp3) is 0. The molecule has 52 heavy (non-hydrogen) atoms. The molecule has 0 N–H and O–H groups in total. The van der Waals surface area contributed by atoms with Crippen molar-refractivity contribution in [2.24, 2.45) is 0 Å². The topological polar surface area (TPSA) is 82.0 Å². The third-order valence-electron chi connectivity index (χ3n) is 9.89. The molecule has 0 atom stereocenters. The summed E-state index contributed by atoms with van der Waals surface area (Å²) < 4.78 is 8.30. The maximum absolute atomic E-state index is 6.13. The summed E-state index contributed by atoms with van der Waals surface area (Å²) in [4.78, 5) is 25.0. The molecule has 0 aliphatic rings. The molecule has 0 saturated heterocycles. The molecule has 0 bridgehead atoms. The van der Waals surface area contributed by atoms with Crippen molar-refractivity contribution in [2.75, 3.05) is 0 Å². The lowest BCUT2D eigenvalue weighted by molar-refractivity contribution is 0.669. The fourth-order valence-corrected chi connectivity index (χ4v) is 7.44. The summed E-state index contributed by atoms with van der Waals surface area (Å²) in [7, 11) is 0. The lowest BCUT2D eigenvalue weighted by atomic mass is 9.95. The van der Waals surface area contributed by atoms with Crippen LogP contribution < -0.4 is 0 Å². The molecular weight excluding hydrogens is 641 g/mol. The van der Waals surface area contributed by atoms with Crippen LogP contribution in [0.3, 0.4) is 0 Å². The predicted molar refractivity (Wildman–Crippen MR) is 208 cm³/mol. The molecule has 11 rings (SSSR count). The third-order valence-corrected chi connectivity index (χ3v) is 9.89. The number of fused-ring (bicyclic) bond motifs is 11. The second kappa shape index (κ2) is 11.1. The Morgan fingerprint density at radius 3 is 1.92 bits per heavy atom. The summed E-state index contributed by atoms with van der Waals surface area (Å²) in [6, 6.07) is 49.4. The lowest BCUT2D eigenvalue weighted by Gasteiger charge is -2.12. The van der Waals surface area contributed by atoms with Crippen molar-refractivity contribution in [1.82, 2.24) is 29.3 Å². The Morgan fingerprint density at radius 2 is 1.08 bits per heavy atom. The Bertz CT molecular complexity index is 3190. The van der Waals surface area contributed by atoms with Gasteiger partial charge in [0.25, 0.3) is 0 Å². The maximum Gasteiger partial charge on any atom is 0.164 e. The maximum atomic E-state index is 6.13. The van der Waals surface area contributed by atoms with Gasteiger partial charge in [-0.2, -0.15) is 0 Å². The molecule has 11 aromatic rings. The Hall–Kier alpha value is -7.25. The number of imidazole rings is 1. The Balaban J connectivity index is 1.18. The summed E-state index contributed by atoms with van der Waals surface area (Å²) in [5.74, 6) is 1.79. The minimum absolute atomic E-state index is 0.593. The van der Waals surface area contributed by atoms with Gasteiger partial charge >= 0.3 is 0 Å². The quantitative estimate of drug-likeness (QED) is 0.174. The fourth-order valence-electron chi connectivity index (χ4n) is 7.44. The van der Waals surface area contributed by atoms with Crippen LogP contribution in [0.15, 0.2) is 162 Å². The normalized spacial score (nSPS) is 11.8. The van der Waals surface area contributed by atoms with Gasteiger partial charge in [-0.3, -0.25) is 9.38 Å². The number of rotatable bonds is 4. The minimum atomic E-state index is 0.593. The van der Waals surface area contributed by atoms with Gasteiger partial charge in [0.15, 0.2) is 17.5 Å². The van der Waals surface area contributed by atoms with Gasteiger partial charge in [-0.05, 0) is 71.4 Å². The third kappa shape index (κ3) is 4.43. The molecule has 0 fully saturated rings. The van der Waals surface area contributed by atoms with Crippen LogP contribution in [0.1, 0.15) is 0 Å². The van der Waals surface area contributed by atoms with E-state index in [1.807, 2.05) is 97.2 Å². The Morgan fingerprint density at radius 1 is 0.423 bits per heavy atom. The zero-order chi connectivity index (χ0) is 34.2. The summed E-state index contributed by atoms with van der Waals surface area (Å²) in [6.07, 6.45) is 3.91. The van der Waals surface area contributed by atoms with Crippen molar-refractivity contribution in [1.29, 1.82) is 0 Å². The van der Waals surface area contributed by atoms with E-state index in [0.717, 1.165) is 88.1 Å². The minimum Gasteiger partial charge on any atom is -0.456 e. The zero-order valence-corrected chi connectivity index (χ0v) is 27.6. The van der Waals surface area contributed by atoms with Gasteiger partial charge in [0.05, 0.1) is 16.7 Å². The molecule has 5 aromatic heterocycles. The molecule has 7 heteroatoms. The number of furan rings is 1. The number of pyridine rings is 2. The van der Waals surface area contributed by atoms with Crippen molar-refractivity contribution in [3.8, 4) is 45.4 Å². The van der Waals surface area contributed by atoms with Gasteiger partial charge in [0, 0.05) is 56.2 Å². The number of hydrogen-bond donors (Lipinski definition) is 0. The lowest BCUT2D eigenvalue weighted by Crippen LogP contribution is -2.00. The SMILES string of the molecule is c1ccc(-c2nc(-c3ccc4oc5ccccc5c4c3)nc(-c3ccc4c(c3)c3cc(-c5ccccn5)ccc3c3nc5ccccn5c43)n2)cc1. The van der Waals surface area contributed by atoms with E-state index < -0.39 is 0 Å². The first-order chi connectivity index (χ1) is 25.7. The molecule has 242 valence electrons. The van der Waals surface area contributed by atoms with E-state index in [1.54, 1.807) is 0 Å². The van der Waals surface area contributed by atoms with Gasteiger partial charge in [0.1, 0.15) is 16.8 Å². The number of hydrogen-bond acceptors (Lipinski definition) is 6. The smallest absolute Gasteiger partial charge is 0.164 e. The van der Waals surface area contributed by atoms with Crippen molar-refractivity contribution in [3.63, 3.8) is 0 Å². The van der Waals surface area contributed by atoms with Gasteiger partial charge in [-0.1, -0.05) is 84.9 Å². The molecular formula is C45H26N6O. The Kier molecular flexibility index (Phi) is 6.12. The van der Waals surface area contributed by atoms with E-state index in [4.69, 9.17) is 24.4 Å². The molecule has 6 aromatic carbocycles. The average molecular weight is 667 g/mol. The highest BCUT2D eigenvalue weighted by Gasteiger charge is 2.19. The molecule has 0 amide bonds. The van der Waals surface area contributed by atoms with Crippen molar-refractivity contribution in [3.05, 3.63) is 158 Å². The number of para-hydroxylation sites is 1. The standard InChI is InChI=1S/C45H26N6O/c1-2-10-27(11-3-1)43-48-44(50-45(49-43)30-18-21-39-36(26-30)31-12-4-5-14-38(31)52-39)29-17-20-33-35(25-29)34-24-28(37-13-6-8-22-46-37)16-19-32(34)41-42(33)51-23-9-7-15-40(51)47-41/h1-26H. The van der Waals surface area contributed by atoms with E-state index in [1.165, 1.54) is 0 Å². The van der Waals surface area contributed by atoms with Crippen LogP contribution in [0.25, 0.3) is 106 Å². The van der Waals surface area contributed by atoms with E-state index >= 15 is 0 Å². The average Bonchev–Trinajstić information content (AvgIpc) is 3.80. The molecule has 5 heterocycles. The first-order valence-corrected chi connectivity index (χ1v) is 17.2. The van der Waals surface area contributed by atoms with E-state index in [-0.39, 0.29) is 0 Å². The second-order valence-electron chi connectivity index (χ2n) is 13.0. The summed E-state index contributed by atoms with van der Waals surface area (Å²) in [5.41, 5.74) is 9.27. The van der Waals surface area contributed by atoms with Gasteiger partial charge in [0.2, 0.25) is 0 Å². The van der Waals surface area contributed by atoms with Crippen LogP contribution in [0.5, 0.6) is 0 Å². The first kappa shape index (κ1) is 28.6. The summed E-state index contributed by atoms with van der Waals surface area (Å²) in [5, 5.41) is 6.42. The van der Waals surface area contributed by atoms with Gasteiger partial charge < -0.3 is 4.42 Å². The first-order valence-electron chi connectivity index (χ1n) is 17.2. The van der Waals surface area contributed by atoms with Crippen LogP contribution in [-0.2, 0) is 0 Å². The molecule has 0 unspecified atom stereocenters. The van der Waals surface area contributed by atoms with Crippen LogP contribution in [0.4, 0.5) is 0 Å². The highest BCUT2D eigenvalue weighted by atomic mass is 16.3. The molecule has 0 aliphatic carbocycles. The highest BCUT2D eigenvalue weighted by Crippen LogP contribution is 2.39. The Labute approximate surface area is 296 Å². The largest absolute Gasteiger partial charge is 0.456 e. The van der Waals surface area contributed by atoms with E-state index in [2.05, 4.69) is 70.2 Å². The molecule has 7 nitrogen and oxygen atoms in total. The number of nitrogens with zero attached hydrogens (tertiary/aromatic N) is 6. The zero-order valence-electron chi connectivity index (χ0n) is 27.6. The van der Waals surface area contributed by atoms with E-state index in [9.17, 15) is 0 Å². The second-order valence-corrected chi connectivity index (χ2v) is 13.0. The van der Waals surface area contributed by atoms with Crippen molar-refractivity contribution < 1.29 is 4.42 Å². The summed E-state index contributed by atoms with van der Waals surface area (Å²) >= 11 is 0. The molecule has 0 radical (unpaired) electrons. The van der Waals surface area contributed by atoms with Crippen LogP contribution in [-0.4, -0.2) is 29.3 Å². The summed E-state index contributed by atoms with van der Waals surface area (Å²) in [6.45, 7) is 0. The number of benzene rings is 6. The number of aromatic nitrogens is 6. The van der Waals surface area contributed by atoms with Crippen LogP contribution in [0, 0.1) is 0 Å².